The predicted molar refractivity (Wildman–Crippen MR) is 139 cm³/mol. The number of piperazine rings is 1. The number of carbonyl (C=O) groups is 2. The maximum atomic E-state index is 13.6. The topological polar surface area (TPSA) is 66.8 Å². The van der Waals surface area contributed by atoms with Crippen molar-refractivity contribution in [2.45, 2.75) is 19.5 Å². The molecule has 1 unspecified atom stereocenters. The zero-order valence-electron chi connectivity index (χ0n) is 20.1. The lowest BCUT2D eigenvalue weighted by Gasteiger charge is -2.39. The molecule has 3 heterocycles. The van der Waals surface area contributed by atoms with Crippen LogP contribution >= 0.6 is 11.3 Å². The first-order chi connectivity index (χ1) is 17.4. The van der Waals surface area contributed by atoms with Crippen LogP contribution in [0.25, 0.3) is 10.2 Å². The van der Waals surface area contributed by atoms with E-state index in [9.17, 15) is 14.0 Å². The molecule has 1 N–H and O–H groups in total. The van der Waals surface area contributed by atoms with Crippen molar-refractivity contribution in [3.8, 4) is 5.75 Å². The highest BCUT2D eigenvalue weighted by Gasteiger charge is 2.32. The van der Waals surface area contributed by atoms with Crippen molar-refractivity contribution >= 4 is 39.2 Å². The SMILES string of the molecule is COc1ccccc1NC(=O)N1CCN(C(=O)c2cc3ccsc3n2Cc2ccc(F)cc2)CC1C. The summed E-state index contributed by atoms with van der Waals surface area (Å²) < 4.78 is 20.7. The smallest absolute Gasteiger partial charge is 0.322 e. The summed E-state index contributed by atoms with van der Waals surface area (Å²) in [5, 5.41) is 5.93. The number of methoxy groups -OCH3 is 1. The fourth-order valence-electron chi connectivity index (χ4n) is 4.62. The number of amides is 3. The number of halogens is 1. The fourth-order valence-corrected chi connectivity index (χ4v) is 5.52. The summed E-state index contributed by atoms with van der Waals surface area (Å²) >= 11 is 1.58. The maximum Gasteiger partial charge on any atom is 0.322 e. The molecule has 36 heavy (non-hydrogen) atoms. The van der Waals surface area contributed by atoms with Gasteiger partial charge in [-0.1, -0.05) is 24.3 Å². The Kier molecular flexibility index (Phi) is 6.65. The van der Waals surface area contributed by atoms with Gasteiger partial charge in [0.15, 0.2) is 0 Å². The van der Waals surface area contributed by atoms with E-state index in [1.54, 1.807) is 52.5 Å². The van der Waals surface area contributed by atoms with Gasteiger partial charge in [-0.25, -0.2) is 9.18 Å². The fraction of sp³-hybridized carbons (Fsp3) is 0.259. The molecule has 0 radical (unpaired) electrons. The summed E-state index contributed by atoms with van der Waals surface area (Å²) in [6.07, 6.45) is 0. The largest absolute Gasteiger partial charge is 0.495 e. The first-order valence-electron chi connectivity index (χ1n) is 11.8. The standard InChI is InChI=1S/C27H27FN4O3S/c1-18-16-30(12-13-31(18)27(34)29-22-5-3-4-6-24(22)35-2)25(33)23-15-20-11-14-36-26(20)32(23)17-19-7-9-21(28)10-8-19/h3-11,14-15,18H,12-13,16-17H2,1-2H3,(H,29,34). The molecule has 5 rings (SSSR count). The van der Waals surface area contributed by atoms with Crippen molar-refractivity contribution in [2.24, 2.45) is 0 Å². The van der Waals surface area contributed by atoms with Crippen molar-refractivity contribution < 1.29 is 18.7 Å². The predicted octanol–water partition coefficient (Wildman–Crippen LogP) is 5.28. The van der Waals surface area contributed by atoms with Gasteiger partial charge in [-0.3, -0.25) is 4.79 Å². The average molecular weight is 507 g/mol. The number of para-hydroxylation sites is 2. The van der Waals surface area contributed by atoms with Crippen molar-refractivity contribution in [1.29, 1.82) is 0 Å². The average Bonchev–Trinajstić information content (AvgIpc) is 3.47. The van der Waals surface area contributed by atoms with Crippen LogP contribution < -0.4 is 10.1 Å². The van der Waals surface area contributed by atoms with Gasteiger partial charge >= 0.3 is 6.03 Å². The molecule has 2 aromatic heterocycles. The summed E-state index contributed by atoms with van der Waals surface area (Å²) in [5.74, 6) is 0.233. The second kappa shape index (κ2) is 10.0. The number of hydrogen-bond donors (Lipinski definition) is 1. The van der Waals surface area contributed by atoms with Crippen LogP contribution in [-0.2, 0) is 6.54 Å². The highest BCUT2D eigenvalue weighted by molar-refractivity contribution is 7.16. The molecule has 186 valence electrons. The number of hydrogen-bond acceptors (Lipinski definition) is 4. The molecule has 1 aliphatic rings. The lowest BCUT2D eigenvalue weighted by Crippen LogP contribution is -2.56. The molecule has 0 spiro atoms. The Bertz CT molecular complexity index is 1400. The number of rotatable bonds is 5. The minimum Gasteiger partial charge on any atom is -0.495 e. The maximum absolute atomic E-state index is 13.6. The molecular weight excluding hydrogens is 479 g/mol. The van der Waals surface area contributed by atoms with Crippen LogP contribution in [0.15, 0.2) is 66.0 Å². The van der Waals surface area contributed by atoms with E-state index in [1.165, 1.54) is 12.1 Å². The third-order valence-electron chi connectivity index (χ3n) is 6.50. The molecule has 1 saturated heterocycles. The summed E-state index contributed by atoms with van der Waals surface area (Å²) in [6.45, 7) is 3.69. The number of anilines is 1. The lowest BCUT2D eigenvalue weighted by atomic mass is 10.1. The van der Waals surface area contributed by atoms with E-state index in [0.29, 0.717) is 43.3 Å². The van der Waals surface area contributed by atoms with Crippen LogP contribution in [0, 0.1) is 5.82 Å². The number of aromatic nitrogens is 1. The summed E-state index contributed by atoms with van der Waals surface area (Å²) in [7, 11) is 1.56. The Morgan fingerprint density at radius 3 is 2.64 bits per heavy atom. The molecular formula is C27H27FN4O3S. The number of benzene rings is 2. The molecule has 1 fully saturated rings. The van der Waals surface area contributed by atoms with E-state index in [4.69, 9.17) is 4.74 Å². The molecule has 1 aliphatic heterocycles. The molecule has 2 aromatic carbocycles. The summed E-state index contributed by atoms with van der Waals surface area (Å²) in [6, 6.07) is 17.1. The van der Waals surface area contributed by atoms with Crippen LogP contribution in [0.5, 0.6) is 5.75 Å². The van der Waals surface area contributed by atoms with Gasteiger partial charge in [0.2, 0.25) is 0 Å². The number of nitrogens with zero attached hydrogens (tertiary/aromatic N) is 3. The minimum atomic E-state index is -0.287. The van der Waals surface area contributed by atoms with E-state index >= 15 is 0 Å². The van der Waals surface area contributed by atoms with Crippen molar-refractivity contribution in [3.05, 3.63) is 83.1 Å². The monoisotopic (exact) mass is 506 g/mol. The summed E-state index contributed by atoms with van der Waals surface area (Å²) in [4.78, 5) is 31.2. The van der Waals surface area contributed by atoms with Gasteiger partial charge in [-0.05, 0) is 54.3 Å². The van der Waals surface area contributed by atoms with E-state index in [2.05, 4.69) is 5.32 Å². The van der Waals surface area contributed by atoms with Crippen LogP contribution in [0.3, 0.4) is 0 Å². The van der Waals surface area contributed by atoms with Gasteiger partial charge in [0.05, 0.1) is 12.8 Å². The highest BCUT2D eigenvalue weighted by Crippen LogP contribution is 2.28. The number of carbonyl (C=O) groups excluding carboxylic acids is 2. The van der Waals surface area contributed by atoms with Gasteiger partial charge in [-0.2, -0.15) is 0 Å². The summed E-state index contributed by atoms with van der Waals surface area (Å²) in [5.41, 5.74) is 2.12. The Morgan fingerprint density at radius 1 is 1.11 bits per heavy atom. The van der Waals surface area contributed by atoms with E-state index in [0.717, 1.165) is 15.8 Å². The zero-order chi connectivity index (χ0) is 25.2. The van der Waals surface area contributed by atoms with Crippen LogP contribution in [0.2, 0.25) is 0 Å². The van der Waals surface area contributed by atoms with Crippen molar-refractivity contribution in [2.75, 3.05) is 32.1 Å². The molecule has 0 saturated carbocycles. The third-order valence-corrected chi connectivity index (χ3v) is 7.45. The van der Waals surface area contributed by atoms with Gasteiger partial charge in [0.1, 0.15) is 22.1 Å². The first kappa shape index (κ1) is 23.9. The van der Waals surface area contributed by atoms with Crippen LogP contribution in [-0.4, -0.2) is 59.1 Å². The van der Waals surface area contributed by atoms with E-state index < -0.39 is 0 Å². The van der Waals surface area contributed by atoms with Crippen LogP contribution in [0.1, 0.15) is 23.0 Å². The normalized spacial score (nSPS) is 15.8. The van der Waals surface area contributed by atoms with Gasteiger partial charge < -0.3 is 24.4 Å². The molecule has 0 aliphatic carbocycles. The second-order valence-corrected chi connectivity index (χ2v) is 9.74. The lowest BCUT2D eigenvalue weighted by molar-refractivity contribution is 0.0583. The Balaban J connectivity index is 1.31. The van der Waals surface area contributed by atoms with E-state index in [-0.39, 0.29) is 23.8 Å². The molecule has 7 nitrogen and oxygen atoms in total. The van der Waals surface area contributed by atoms with Crippen molar-refractivity contribution in [1.82, 2.24) is 14.4 Å². The Hall–Kier alpha value is -3.85. The molecule has 0 bridgehead atoms. The second-order valence-electron chi connectivity index (χ2n) is 8.85. The molecule has 1 atom stereocenters. The quantitative estimate of drug-likeness (QED) is 0.401. The van der Waals surface area contributed by atoms with Gasteiger partial charge in [0.25, 0.3) is 5.91 Å². The molecule has 4 aromatic rings. The highest BCUT2D eigenvalue weighted by atomic mass is 32.1. The first-order valence-corrected chi connectivity index (χ1v) is 12.6. The molecule has 3 amide bonds. The van der Waals surface area contributed by atoms with Crippen LogP contribution in [0.4, 0.5) is 14.9 Å². The van der Waals surface area contributed by atoms with Gasteiger partial charge in [0, 0.05) is 37.6 Å². The minimum absolute atomic E-state index is 0.0721. The number of nitrogens with one attached hydrogen (secondary N) is 1. The number of urea groups is 1. The van der Waals surface area contributed by atoms with Crippen molar-refractivity contribution in [3.63, 3.8) is 0 Å². The Morgan fingerprint density at radius 2 is 1.89 bits per heavy atom. The van der Waals surface area contributed by atoms with Gasteiger partial charge in [-0.15, -0.1) is 11.3 Å². The molecule has 9 heteroatoms. The Labute approximate surface area is 212 Å². The number of ether oxygens (including phenoxy) is 1. The zero-order valence-corrected chi connectivity index (χ0v) is 20.9. The van der Waals surface area contributed by atoms with E-state index in [1.807, 2.05) is 41.1 Å². The number of thiophene rings is 1. The number of fused-ring (bicyclic) bond motifs is 1. The third kappa shape index (κ3) is 4.66.